The van der Waals surface area contributed by atoms with Crippen molar-refractivity contribution in [3.05, 3.63) is 57.6 Å². The van der Waals surface area contributed by atoms with E-state index in [4.69, 9.17) is 0 Å². The molecule has 0 aliphatic carbocycles. The summed E-state index contributed by atoms with van der Waals surface area (Å²) in [7, 11) is 0. The number of aryl methyl sites for hydroxylation is 1. The van der Waals surface area contributed by atoms with Gasteiger partial charge in [0, 0.05) is 26.2 Å². The molecule has 2 heterocycles. The lowest BCUT2D eigenvalue weighted by Crippen LogP contribution is -2.49. The van der Waals surface area contributed by atoms with Crippen molar-refractivity contribution in [3.8, 4) is 11.1 Å². The Balaban J connectivity index is 1.69. The highest BCUT2D eigenvalue weighted by atomic mass is 16.4. The molecule has 4 rings (SSSR count). The Morgan fingerprint density at radius 3 is 2.15 bits per heavy atom. The van der Waals surface area contributed by atoms with E-state index < -0.39 is 5.97 Å². The maximum Gasteiger partial charge on any atom is 0.320 e. The molecule has 0 atom stereocenters. The summed E-state index contributed by atoms with van der Waals surface area (Å²) in [6.45, 7) is 13.6. The number of aliphatic carboxylic acids is 1. The molecule has 2 amide bonds. The van der Waals surface area contributed by atoms with Crippen LogP contribution in [0.5, 0.6) is 0 Å². The minimum absolute atomic E-state index is 0.0156. The molecule has 2 aliphatic rings. The molecule has 0 spiro atoms. The molecule has 2 aromatic carbocycles. The summed E-state index contributed by atoms with van der Waals surface area (Å²) in [5.74, 6) is -0.828. The van der Waals surface area contributed by atoms with E-state index in [1.807, 2.05) is 16.7 Å². The number of urea groups is 1. The highest BCUT2D eigenvalue weighted by Crippen LogP contribution is 2.38. The number of carboxylic acid groups (broad SMARTS) is 1. The van der Waals surface area contributed by atoms with E-state index in [9.17, 15) is 14.7 Å². The van der Waals surface area contributed by atoms with Gasteiger partial charge in [0.2, 0.25) is 0 Å². The maximum absolute atomic E-state index is 13.3. The molecule has 2 aliphatic heterocycles. The molecular formula is C28H36N2O3. The Kier molecular flexibility index (Phi) is 6.26. The lowest BCUT2D eigenvalue weighted by Gasteiger charge is -2.41. The maximum atomic E-state index is 13.3. The highest BCUT2D eigenvalue weighted by molar-refractivity contribution is 5.82. The zero-order valence-electron chi connectivity index (χ0n) is 20.6. The first-order valence-electron chi connectivity index (χ1n) is 12.0. The van der Waals surface area contributed by atoms with Crippen molar-refractivity contribution in [1.29, 1.82) is 0 Å². The number of likely N-dealkylation sites (tertiary alicyclic amines) is 1. The predicted octanol–water partition coefficient (Wildman–Crippen LogP) is 5.51. The lowest BCUT2D eigenvalue weighted by molar-refractivity contribution is -0.136. The van der Waals surface area contributed by atoms with Crippen LogP contribution >= 0.6 is 0 Å². The van der Waals surface area contributed by atoms with Crippen LogP contribution in [0.3, 0.4) is 0 Å². The molecular weight excluding hydrogens is 412 g/mol. The minimum atomic E-state index is -0.828. The van der Waals surface area contributed by atoms with Crippen molar-refractivity contribution in [3.63, 3.8) is 0 Å². The molecule has 33 heavy (non-hydrogen) atoms. The molecule has 1 saturated heterocycles. The van der Waals surface area contributed by atoms with Crippen molar-refractivity contribution < 1.29 is 14.7 Å². The second-order valence-corrected chi connectivity index (χ2v) is 10.6. The number of amides is 2. The van der Waals surface area contributed by atoms with Gasteiger partial charge in [0.1, 0.15) is 0 Å². The first-order chi connectivity index (χ1) is 15.6. The molecule has 1 fully saturated rings. The van der Waals surface area contributed by atoms with Crippen LogP contribution in [0.2, 0.25) is 0 Å². The number of nitrogens with zero attached hydrogens (tertiary/aromatic N) is 2. The number of fused-ring (bicyclic) bond motifs is 1. The van der Waals surface area contributed by atoms with E-state index in [-0.39, 0.29) is 12.5 Å². The van der Waals surface area contributed by atoms with Crippen LogP contribution in [0.1, 0.15) is 60.1 Å². The zero-order chi connectivity index (χ0) is 23.9. The van der Waals surface area contributed by atoms with Gasteiger partial charge in [-0.3, -0.25) is 4.79 Å². The normalized spacial score (nSPS) is 17.6. The van der Waals surface area contributed by atoms with Crippen molar-refractivity contribution in [2.45, 2.75) is 66.8 Å². The largest absolute Gasteiger partial charge is 0.481 e. The topological polar surface area (TPSA) is 60.9 Å². The van der Waals surface area contributed by atoms with Gasteiger partial charge in [-0.2, -0.15) is 0 Å². The van der Waals surface area contributed by atoms with Crippen LogP contribution in [0, 0.1) is 26.2 Å². The molecule has 0 radical (unpaired) electrons. The summed E-state index contributed by atoms with van der Waals surface area (Å²) in [4.78, 5) is 29.1. The van der Waals surface area contributed by atoms with Crippen molar-refractivity contribution in [1.82, 2.24) is 9.80 Å². The van der Waals surface area contributed by atoms with Gasteiger partial charge in [-0.15, -0.1) is 0 Å². The monoisotopic (exact) mass is 448 g/mol. The molecule has 0 aromatic heterocycles. The van der Waals surface area contributed by atoms with Crippen molar-refractivity contribution in [2.24, 2.45) is 5.41 Å². The summed E-state index contributed by atoms with van der Waals surface area (Å²) in [5.41, 5.74) is 9.06. The number of hydrogen-bond acceptors (Lipinski definition) is 2. The number of carbonyl (C=O) groups is 2. The number of benzene rings is 2. The van der Waals surface area contributed by atoms with Gasteiger partial charge in [0.25, 0.3) is 0 Å². The molecule has 2 aromatic rings. The van der Waals surface area contributed by atoms with Crippen LogP contribution in [-0.4, -0.2) is 46.5 Å². The van der Waals surface area contributed by atoms with Crippen LogP contribution < -0.4 is 0 Å². The van der Waals surface area contributed by atoms with Crippen LogP contribution in [-0.2, 0) is 24.2 Å². The quantitative estimate of drug-likeness (QED) is 0.674. The fraction of sp³-hybridized carbons (Fsp3) is 0.500. The summed E-state index contributed by atoms with van der Waals surface area (Å²) in [6.07, 6.45) is 2.85. The molecule has 0 unspecified atom stereocenters. The second kappa shape index (κ2) is 8.85. The van der Waals surface area contributed by atoms with E-state index in [1.165, 1.54) is 11.1 Å². The number of rotatable bonds is 3. The van der Waals surface area contributed by atoms with Crippen molar-refractivity contribution >= 4 is 12.0 Å². The Labute approximate surface area is 197 Å². The third-order valence-electron chi connectivity index (χ3n) is 7.71. The molecule has 1 N–H and O–H groups in total. The Morgan fingerprint density at radius 2 is 1.55 bits per heavy atom. The predicted molar refractivity (Wildman–Crippen MR) is 132 cm³/mol. The third-order valence-corrected chi connectivity index (χ3v) is 7.71. The fourth-order valence-corrected chi connectivity index (χ4v) is 5.42. The number of carbonyl (C=O) groups excluding carboxylic acids is 1. The summed E-state index contributed by atoms with van der Waals surface area (Å²) in [6, 6.07) is 8.45. The summed E-state index contributed by atoms with van der Waals surface area (Å²) >= 11 is 0. The van der Waals surface area contributed by atoms with E-state index in [2.05, 4.69) is 52.0 Å². The van der Waals surface area contributed by atoms with Crippen LogP contribution in [0.15, 0.2) is 24.3 Å². The van der Waals surface area contributed by atoms with Crippen LogP contribution in [0.25, 0.3) is 11.1 Å². The summed E-state index contributed by atoms with van der Waals surface area (Å²) < 4.78 is 0. The van der Waals surface area contributed by atoms with Gasteiger partial charge in [-0.05, 0) is 84.4 Å². The second-order valence-electron chi connectivity index (χ2n) is 10.6. The Bertz CT molecular complexity index is 1080. The Hall–Kier alpha value is -2.82. The number of piperidine rings is 1. The highest BCUT2D eigenvalue weighted by Gasteiger charge is 2.33. The van der Waals surface area contributed by atoms with Crippen LogP contribution in [0.4, 0.5) is 4.79 Å². The molecule has 176 valence electrons. The number of hydrogen-bond donors (Lipinski definition) is 1. The van der Waals surface area contributed by atoms with Gasteiger partial charge in [0.15, 0.2) is 0 Å². The molecule has 5 nitrogen and oxygen atoms in total. The van der Waals surface area contributed by atoms with E-state index in [0.717, 1.165) is 65.7 Å². The van der Waals surface area contributed by atoms with Crippen molar-refractivity contribution in [2.75, 3.05) is 19.6 Å². The SMILES string of the molecule is Cc1ccc(-c2c(C)c3c(c(C)c2CC(=O)O)CN(C(=O)N2CCC(C)(C)CC2)CC3)cc1. The molecule has 5 heteroatoms. The van der Waals surface area contributed by atoms with Gasteiger partial charge >= 0.3 is 12.0 Å². The average Bonchev–Trinajstić information content (AvgIpc) is 2.77. The van der Waals surface area contributed by atoms with Gasteiger partial charge in [-0.1, -0.05) is 43.7 Å². The van der Waals surface area contributed by atoms with Gasteiger partial charge in [-0.25, -0.2) is 4.79 Å². The zero-order valence-corrected chi connectivity index (χ0v) is 20.6. The van der Waals surface area contributed by atoms with Gasteiger partial charge < -0.3 is 14.9 Å². The standard InChI is InChI=1S/C28H36N2O3/c1-18-6-8-21(9-7-18)26-20(3)22-10-13-30(17-24(22)19(2)23(26)16-25(31)32)27(33)29-14-11-28(4,5)12-15-29/h6-9H,10-17H2,1-5H3,(H,31,32). The third kappa shape index (κ3) is 4.64. The number of carboxylic acids is 1. The fourth-order valence-electron chi connectivity index (χ4n) is 5.42. The van der Waals surface area contributed by atoms with E-state index in [0.29, 0.717) is 18.5 Å². The van der Waals surface area contributed by atoms with E-state index in [1.54, 1.807) is 0 Å². The minimum Gasteiger partial charge on any atom is -0.481 e. The van der Waals surface area contributed by atoms with Gasteiger partial charge in [0.05, 0.1) is 6.42 Å². The first kappa shape index (κ1) is 23.3. The average molecular weight is 449 g/mol. The first-order valence-corrected chi connectivity index (χ1v) is 12.0. The van der Waals surface area contributed by atoms with E-state index >= 15 is 0 Å². The smallest absolute Gasteiger partial charge is 0.320 e. The Morgan fingerprint density at radius 1 is 0.909 bits per heavy atom. The molecule has 0 saturated carbocycles. The summed E-state index contributed by atoms with van der Waals surface area (Å²) in [5, 5.41) is 9.68. The molecule has 0 bridgehead atoms. The lowest BCUT2D eigenvalue weighted by atomic mass is 9.81.